The SMILES string of the molecule is N#Cc1ncc(-c2cccc(Cl)c2Cl)cc1Cl. The van der Waals surface area contributed by atoms with Gasteiger partial charge in [-0.3, -0.25) is 0 Å². The molecular formula is C12H5Cl3N2. The Labute approximate surface area is 113 Å². The van der Waals surface area contributed by atoms with E-state index in [0.29, 0.717) is 15.1 Å². The highest BCUT2D eigenvalue weighted by Crippen LogP contribution is 2.34. The Hall–Kier alpha value is -1.27. The Morgan fingerprint density at radius 1 is 1.12 bits per heavy atom. The summed E-state index contributed by atoms with van der Waals surface area (Å²) in [5.74, 6) is 0. The summed E-state index contributed by atoms with van der Waals surface area (Å²) in [5.41, 5.74) is 1.65. The van der Waals surface area contributed by atoms with Crippen LogP contribution in [-0.4, -0.2) is 4.98 Å². The fourth-order valence-corrected chi connectivity index (χ4v) is 2.01. The van der Waals surface area contributed by atoms with Crippen LogP contribution in [0, 0.1) is 11.3 Å². The first-order valence-electron chi connectivity index (χ1n) is 4.63. The van der Waals surface area contributed by atoms with Gasteiger partial charge in [-0.1, -0.05) is 46.9 Å². The molecule has 0 N–H and O–H groups in total. The molecule has 0 unspecified atom stereocenters. The van der Waals surface area contributed by atoms with Gasteiger partial charge in [0.2, 0.25) is 0 Å². The Morgan fingerprint density at radius 3 is 2.53 bits per heavy atom. The van der Waals surface area contributed by atoms with E-state index in [0.717, 1.165) is 11.1 Å². The Bertz CT molecular complexity index is 618. The zero-order valence-electron chi connectivity index (χ0n) is 8.42. The van der Waals surface area contributed by atoms with E-state index in [1.807, 2.05) is 12.1 Å². The van der Waals surface area contributed by atoms with Crippen molar-refractivity contribution in [1.29, 1.82) is 5.26 Å². The van der Waals surface area contributed by atoms with Crippen molar-refractivity contribution < 1.29 is 0 Å². The molecule has 0 aliphatic heterocycles. The van der Waals surface area contributed by atoms with Crippen LogP contribution in [0.25, 0.3) is 11.1 Å². The van der Waals surface area contributed by atoms with Gasteiger partial charge in [0.15, 0.2) is 5.69 Å². The molecule has 2 nitrogen and oxygen atoms in total. The number of pyridine rings is 1. The lowest BCUT2D eigenvalue weighted by atomic mass is 10.1. The average molecular weight is 284 g/mol. The summed E-state index contributed by atoms with van der Waals surface area (Å²) in [6.45, 7) is 0. The van der Waals surface area contributed by atoms with E-state index < -0.39 is 0 Å². The molecule has 0 bridgehead atoms. The minimum Gasteiger partial charge on any atom is -0.243 e. The highest BCUT2D eigenvalue weighted by molar-refractivity contribution is 6.43. The summed E-state index contributed by atoms with van der Waals surface area (Å²) in [6.07, 6.45) is 1.54. The zero-order valence-corrected chi connectivity index (χ0v) is 10.7. The molecule has 1 heterocycles. The van der Waals surface area contributed by atoms with Crippen LogP contribution in [0.15, 0.2) is 30.5 Å². The molecule has 0 radical (unpaired) electrons. The van der Waals surface area contributed by atoms with Crippen molar-refractivity contribution in [1.82, 2.24) is 4.98 Å². The molecule has 0 fully saturated rings. The van der Waals surface area contributed by atoms with Crippen LogP contribution in [0.2, 0.25) is 15.1 Å². The molecule has 2 rings (SSSR count). The number of aromatic nitrogens is 1. The molecule has 17 heavy (non-hydrogen) atoms. The van der Waals surface area contributed by atoms with E-state index >= 15 is 0 Å². The van der Waals surface area contributed by atoms with Crippen molar-refractivity contribution in [2.45, 2.75) is 0 Å². The second-order valence-electron chi connectivity index (χ2n) is 3.27. The van der Waals surface area contributed by atoms with Crippen LogP contribution < -0.4 is 0 Å². The first kappa shape index (κ1) is 12.2. The predicted molar refractivity (Wildman–Crippen MR) is 69.4 cm³/mol. The minimum absolute atomic E-state index is 0.188. The van der Waals surface area contributed by atoms with Gasteiger partial charge < -0.3 is 0 Å². The van der Waals surface area contributed by atoms with E-state index in [9.17, 15) is 0 Å². The first-order chi connectivity index (χ1) is 8.13. The molecule has 0 aliphatic carbocycles. The summed E-state index contributed by atoms with van der Waals surface area (Å²) < 4.78 is 0. The van der Waals surface area contributed by atoms with Gasteiger partial charge >= 0.3 is 0 Å². The lowest BCUT2D eigenvalue weighted by Gasteiger charge is -2.06. The second kappa shape index (κ2) is 4.93. The largest absolute Gasteiger partial charge is 0.243 e. The maximum absolute atomic E-state index is 8.73. The van der Waals surface area contributed by atoms with Gasteiger partial charge in [-0.25, -0.2) is 4.98 Å². The number of rotatable bonds is 1. The van der Waals surface area contributed by atoms with Gasteiger partial charge in [-0.05, 0) is 12.1 Å². The third-order valence-corrected chi connectivity index (χ3v) is 3.32. The number of hydrogen-bond acceptors (Lipinski definition) is 2. The van der Waals surface area contributed by atoms with Gasteiger partial charge in [0.25, 0.3) is 0 Å². The molecule has 5 heteroatoms. The van der Waals surface area contributed by atoms with E-state index in [1.165, 1.54) is 0 Å². The summed E-state index contributed by atoms with van der Waals surface area (Å²) in [4.78, 5) is 3.95. The second-order valence-corrected chi connectivity index (χ2v) is 4.46. The molecule has 84 valence electrons. The van der Waals surface area contributed by atoms with Crippen molar-refractivity contribution in [3.63, 3.8) is 0 Å². The van der Waals surface area contributed by atoms with Crippen molar-refractivity contribution in [3.05, 3.63) is 51.2 Å². The quantitative estimate of drug-likeness (QED) is 0.768. The summed E-state index contributed by atoms with van der Waals surface area (Å²) in [6, 6.07) is 8.84. The third-order valence-electron chi connectivity index (χ3n) is 2.21. The minimum atomic E-state index is 0.188. The molecule has 1 aromatic heterocycles. The monoisotopic (exact) mass is 282 g/mol. The molecule has 0 spiro atoms. The lowest BCUT2D eigenvalue weighted by molar-refractivity contribution is 1.26. The molecule has 2 aromatic rings. The number of hydrogen-bond donors (Lipinski definition) is 0. The molecule has 0 saturated heterocycles. The van der Waals surface area contributed by atoms with Crippen LogP contribution in [0.3, 0.4) is 0 Å². The molecule has 0 atom stereocenters. The lowest BCUT2D eigenvalue weighted by Crippen LogP contribution is -1.87. The maximum atomic E-state index is 8.73. The van der Waals surface area contributed by atoms with E-state index in [1.54, 1.807) is 24.4 Å². The maximum Gasteiger partial charge on any atom is 0.159 e. The molecular weight excluding hydrogens is 279 g/mol. The van der Waals surface area contributed by atoms with Crippen LogP contribution in [0.1, 0.15) is 5.69 Å². The first-order valence-corrected chi connectivity index (χ1v) is 5.77. The molecule has 1 aromatic carbocycles. The van der Waals surface area contributed by atoms with Gasteiger partial charge in [0, 0.05) is 17.3 Å². The number of nitriles is 1. The smallest absolute Gasteiger partial charge is 0.159 e. The van der Waals surface area contributed by atoms with Crippen molar-refractivity contribution in [3.8, 4) is 17.2 Å². The van der Waals surface area contributed by atoms with Crippen molar-refractivity contribution in [2.24, 2.45) is 0 Å². The van der Waals surface area contributed by atoms with E-state index in [-0.39, 0.29) is 5.69 Å². The van der Waals surface area contributed by atoms with Crippen LogP contribution >= 0.6 is 34.8 Å². The Morgan fingerprint density at radius 2 is 1.88 bits per heavy atom. The van der Waals surface area contributed by atoms with Gasteiger partial charge in [0.05, 0.1) is 15.1 Å². The van der Waals surface area contributed by atoms with Crippen LogP contribution in [0.4, 0.5) is 0 Å². The number of nitrogens with zero attached hydrogens (tertiary/aromatic N) is 2. The molecule has 0 saturated carbocycles. The molecule has 0 aliphatic rings. The summed E-state index contributed by atoms with van der Waals surface area (Å²) in [7, 11) is 0. The van der Waals surface area contributed by atoms with Crippen molar-refractivity contribution in [2.75, 3.05) is 0 Å². The zero-order chi connectivity index (χ0) is 12.4. The fourth-order valence-electron chi connectivity index (χ4n) is 1.39. The van der Waals surface area contributed by atoms with Gasteiger partial charge in [0.1, 0.15) is 6.07 Å². The fraction of sp³-hybridized carbons (Fsp3) is 0. The third kappa shape index (κ3) is 2.37. The van der Waals surface area contributed by atoms with Crippen LogP contribution in [0.5, 0.6) is 0 Å². The van der Waals surface area contributed by atoms with Gasteiger partial charge in [-0.2, -0.15) is 5.26 Å². The Kier molecular flexibility index (Phi) is 3.54. The van der Waals surface area contributed by atoms with Crippen LogP contribution in [-0.2, 0) is 0 Å². The number of benzene rings is 1. The summed E-state index contributed by atoms with van der Waals surface area (Å²) in [5, 5.41) is 9.93. The van der Waals surface area contributed by atoms with Crippen molar-refractivity contribution >= 4 is 34.8 Å². The van der Waals surface area contributed by atoms with E-state index in [4.69, 9.17) is 40.1 Å². The Balaban J connectivity index is 2.59. The highest BCUT2D eigenvalue weighted by atomic mass is 35.5. The summed E-state index contributed by atoms with van der Waals surface area (Å²) >= 11 is 17.9. The van der Waals surface area contributed by atoms with Gasteiger partial charge in [-0.15, -0.1) is 0 Å². The highest BCUT2D eigenvalue weighted by Gasteiger charge is 2.09. The standard InChI is InChI=1S/C12H5Cl3N2/c13-9-3-1-2-8(12(9)15)7-4-10(14)11(5-16)17-6-7/h1-4,6H. The molecule has 0 amide bonds. The number of halogens is 3. The van der Waals surface area contributed by atoms with E-state index in [2.05, 4.69) is 4.98 Å². The average Bonchev–Trinajstić information content (AvgIpc) is 2.32. The topological polar surface area (TPSA) is 36.7 Å². The normalized spacial score (nSPS) is 10.0. The predicted octanol–water partition coefficient (Wildman–Crippen LogP) is 4.58.